The van der Waals surface area contributed by atoms with Crippen molar-refractivity contribution in [2.24, 2.45) is 0 Å². The van der Waals surface area contributed by atoms with Crippen LogP contribution in [0.1, 0.15) is 13.8 Å². The van der Waals surface area contributed by atoms with E-state index in [4.69, 9.17) is 10.2 Å². The smallest absolute Gasteiger partial charge is 0.119 e. The van der Waals surface area contributed by atoms with E-state index < -0.39 is 0 Å². The van der Waals surface area contributed by atoms with Crippen molar-refractivity contribution in [2.45, 2.75) is 13.8 Å². The molecule has 1 aromatic carbocycles. The molecule has 0 aliphatic carbocycles. The molecule has 0 heterocycles. The van der Waals surface area contributed by atoms with E-state index in [0.29, 0.717) is 13.2 Å². The van der Waals surface area contributed by atoms with Crippen molar-refractivity contribution in [3.8, 4) is 11.5 Å². The highest BCUT2D eigenvalue weighted by molar-refractivity contribution is 5.30. The minimum Gasteiger partial charge on any atom is -0.508 e. The SMILES string of the molecule is CCOOCC.Oc1cccc(O)c1. The van der Waals surface area contributed by atoms with Gasteiger partial charge >= 0.3 is 0 Å². The van der Waals surface area contributed by atoms with Crippen molar-refractivity contribution in [1.29, 1.82) is 0 Å². The van der Waals surface area contributed by atoms with Crippen LogP contribution in [0.25, 0.3) is 0 Å². The summed E-state index contributed by atoms with van der Waals surface area (Å²) in [6, 6.07) is 5.85. The number of benzene rings is 1. The summed E-state index contributed by atoms with van der Waals surface area (Å²) in [7, 11) is 0. The molecule has 4 heteroatoms. The molecule has 0 bridgehead atoms. The molecule has 80 valence electrons. The Morgan fingerprint density at radius 3 is 1.64 bits per heavy atom. The topological polar surface area (TPSA) is 58.9 Å². The molecule has 4 nitrogen and oxygen atoms in total. The van der Waals surface area contributed by atoms with Crippen molar-refractivity contribution < 1.29 is 20.0 Å². The van der Waals surface area contributed by atoms with Gasteiger partial charge in [-0.25, -0.2) is 9.78 Å². The van der Waals surface area contributed by atoms with Gasteiger partial charge in [0.15, 0.2) is 0 Å². The molecule has 0 aliphatic heterocycles. The Morgan fingerprint density at radius 2 is 1.43 bits per heavy atom. The molecule has 0 amide bonds. The second-order valence-electron chi connectivity index (χ2n) is 2.33. The first-order chi connectivity index (χ1) is 6.70. The zero-order valence-electron chi connectivity index (χ0n) is 8.43. The number of hydrogen-bond donors (Lipinski definition) is 2. The average Bonchev–Trinajstić information content (AvgIpc) is 2.15. The quantitative estimate of drug-likeness (QED) is 0.445. The van der Waals surface area contributed by atoms with Crippen LogP contribution in [0.15, 0.2) is 24.3 Å². The molecule has 2 N–H and O–H groups in total. The predicted molar refractivity (Wildman–Crippen MR) is 53.0 cm³/mol. The van der Waals surface area contributed by atoms with Crippen LogP contribution in [0.3, 0.4) is 0 Å². The Bertz CT molecular complexity index is 216. The third-order valence-corrected chi connectivity index (χ3v) is 1.15. The zero-order chi connectivity index (χ0) is 10.8. The van der Waals surface area contributed by atoms with Crippen molar-refractivity contribution >= 4 is 0 Å². The van der Waals surface area contributed by atoms with E-state index in [0.717, 1.165) is 0 Å². The molecule has 0 radical (unpaired) electrons. The van der Waals surface area contributed by atoms with E-state index >= 15 is 0 Å². The summed E-state index contributed by atoms with van der Waals surface area (Å²) in [4.78, 5) is 8.97. The van der Waals surface area contributed by atoms with Gasteiger partial charge in [0.2, 0.25) is 0 Å². The van der Waals surface area contributed by atoms with Gasteiger partial charge in [-0.15, -0.1) is 0 Å². The zero-order valence-corrected chi connectivity index (χ0v) is 8.43. The molecule has 0 saturated heterocycles. The van der Waals surface area contributed by atoms with Gasteiger partial charge in [-0.1, -0.05) is 6.07 Å². The van der Waals surface area contributed by atoms with Crippen molar-refractivity contribution in [1.82, 2.24) is 0 Å². The second kappa shape index (κ2) is 8.34. The maximum atomic E-state index is 8.65. The summed E-state index contributed by atoms with van der Waals surface area (Å²) in [6.45, 7) is 5.03. The molecule has 0 fully saturated rings. The lowest BCUT2D eigenvalue weighted by Crippen LogP contribution is -1.90. The number of phenolic OH excluding ortho intramolecular Hbond substituents is 2. The highest BCUT2D eigenvalue weighted by atomic mass is 17.2. The van der Waals surface area contributed by atoms with Crippen LogP contribution < -0.4 is 0 Å². The largest absolute Gasteiger partial charge is 0.508 e. The van der Waals surface area contributed by atoms with Gasteiger partial charge in [-0.2, -0.15) is 0 Å². The van der Waals surface area contributed by atoms with Crippen molar-refractivity contribution in [3.05, 3.63) is 24.3 Å². The van der Waals surface area contributed by atoms with Crippen LogP contribution in [-0.2, 0) is 9.78 Å². The van der Waals surface area contributed by atoms with Gasteiger partial charge in [-0.05, 0) is 26.0 Å². The second-order valence-corrected chi connectivity index (χ2v) is 2.33. The highest BCUT2D eigenvalue weighted by Crippen LogP contribution is 2.14. The Balaban J connectivity index is 0.000000255. The van der Waals surface area contributed by atoms with E-state index in [1.807, 2.05) is 13.8 Å². The summed E-state index contributed by atoms with van der Waals surface area (Å²) in [5.74, 6) is 0.176. The fourth-order valence-electron chi connectivity index (χ4n) is 0.660. The van der Waals surface area contributed by atoms with Gasteiger partial charge in [0, 0.05) is 6.07 Å². The fourth-order valence-corrected chi connectivity index (χ4v) is 0.660. The number of aromatic hydroxyl groups is 2. The van der Waals surface area contributed by atoms with E-state index in [1.54, 1.807) is 6.07 Å². The fraction of sp³-hybridized carbons (Fsp3) is 0.400. The monoisotopic (exact) mass is 200 g/mol. The summed E-state index contributed by atoms with van der Waals surface area (Å²) in [5, 5.41) is 17.3. The third-order valence-electron chi connectivity index (χ3n) is 1.15. The van der Waals surface area contributed by atoms with Crippen molar-refractivity contribution in [3.63, 3.8) is 0 Å². The Hall–Kier alpha value is -1.26. The molecule has 0 aromatic heterocycles. The lowest BCUT2D eigenvalue weighted by Gasteiger charge is -1.92. The summed E-state index contributed by atoms with van der Waals surface area (Å²) in [5.41, 5.74) is 0. The third kappa shape index (κ3) is 7.39. The standard InChI is InChI=1S/C6H6O2.C4H10O2/c7-5-2-1-3-6(8)4-5;1-3-5-6-4-2/h1-4,7-8H;3-4H2,1-2H3. The maximum Gasteiger partial charge on any atom is 0.119 e. The van der Waals surface area contributed by atoms with Gasteiger partial charge < -0.3 is 10.2 Å². The number of rotatable bonds is 3. The first-order valence-electron chi connectivity index (χ1n) is 4.43. The van der Waals surface area contributed by atoms with E-state index in [-0.39, 0.29) is 11.5 Å². The van der Waals surface area contributed by atoms with Crippen molar-refractivity contribution in [2.75, 3.05) is 13.2 Å². The molecule has 1 rings (SSSR count). The number of hydrogen-bond acceptors (Lipinski definition) is 4. The highest BCUT2D eigenvalue weighted by Gasteiger charge is 1.85. The molecule has 0 atom stereocenters. The molecule has 14 heavy (non-hydrogen) atoms. The molecular weight excluding hydrogens is 184 g/mol. The van der Waals surface area contributed by atoms with Gasteiger partial charge in [-0.3, -0.25) is 0 Å². The molecule has 0 aliphatic rings. The first-order valence-corrected chi connectivity index (χ1v) is 4.43. The minimum absolute atomic E-state index is 0.0880. The Labute approximate surface area is 83.6 Å². The van der Waals surface area contributed by atoms with Crippen LogP contribution in [0.4, 0.5) is 0 Å². The van der Waals surface area contributed by atoms with Crippen LogP contribution >= 0.6 is 0 Å². The van der Waals surface area contributed by atoms with Gasteiger partial charge in [0.05, 0.1) is 13.2 Å². The van der Waals surface area contributed by atoms with Crippen LogP contribution in [0.5, 0.6) is 11.5 Å². The van der Waals surface area contributed by atoms with E-state index in [9.17, 15) is 0 Å². The van der Waals surface area contributed by atoms with Gasteiger partial charge in [0.25, 0.3) is 0 Å². The lowest BCUT2D eigenvalue weighted by atomic mass is 10.3. The normalized spacial score (nSPS) is 9.00. The van der Waals surface area contributed by atoms with Crippen LogP contribution in [-0.4, -0.2) is 23.4 Å². The minimum atomic E-state index is 0.0880. The predicted octanol–water partition coefficient (Wildman–Crippen LogP) is 2.07. The van der Waals surface area contributed by atoms with Gasteiger partial charge in [0.1, 0.15) is 11.5 Å². The van der Waals surface area contributed by atoms with Crippen LogP contribution in [0, 0.1) is 0 Å². The molecule has 0 unspecified atom stereocenters. The first kappa shape index (κ1) is 12.7. The molecular formula is C10H16O4. The van der Waals surface area contributed by atoms with Crippen LogP contribution in [0.2, 0.25) is 0 Å². The molecule has 1 aromatic rings. The lowest BCUT2D eigenvalue weighted by molar-refractivity contribution is -0.287. The summed E-state index contributed by atoms with van der Waals surface area (Å²) in [6.07, 6.45) is 0. The molecule has 0 spiro atoms. The summed E-state index contributed by atoms with van der Waals surface area (Å²) >= 11 is 0. The molecule has 0 saturated carbocycles. The summed E-state index contributed by atoms with van der Waals surface area (Å²) < 4.78 is 0. The number of phenols is 2. The van der Waals surface area contributed by atoms with E-state index in [2.05, 4.69) is 9.78 Å². The Morgan fingerprint density at radius 1 is 1.00 bits per heavy atom. The maximum absolute atomic E-state index is 8.65. The average molecular weight is 200 g/mol. The van der Waals surface area contributed by atoms with E-state index in [1.165, 1.54) is 18.2 Å². The Kier molecular flexibility index (Phi) is 7.59.